The van der Waals surface area contributed by atoms with Gasteiger partial charge in [-0.3, -0.25) is 4.79 Å². The van der Waals surface area contributed by atoms with E-state index in [1.807, 2.05) is 0 Å². The number of primary amides is 1. The lowest BCUT2D eigenvalue weighted by molar-refractivity contribution is -0.119. The lowest BCUT2D eigenvalue weighted by atomic mass is 9.78. The molecule has 0 radical (unpaired) electrons. The maximum atomic E-state index is 10.7. The summed E-state index contributed by atoms with van der Waals surface area (Å²) >= 11 is 0. The molecule has 2 heteroatoms. The number of hydrogen-bond donors (Lipinski definition) is 1. The lowest BCUT2D eigenvalue weighted by Crippen LogP contribution is -2.21. The Labute approximate surface area is 87.2 Å². The molecule has 2 nitrogen and oxygen atoms in total. The Hall–Kier alpha value is -0.530. The fraction of sp³-hybridized carbons (Fsp3) is 0.917. The number of carbonyl (C=O) groups is 1. The summed E-state index contributed by atoms with van der Waals surface area (Å²) < 4.78 is 0. The van der Waals surface area contributed by atoms with Gasteiger partial charge in [-0.05, 0) is 24.7 Å². The van der Waals surface area contributed by atoms with Gasteiger partial charge in [0.05, 0.1) is 0 Å². The topological polar surface area (TPSA) is 43.1 Å². The van der Waals surface area contributed by atoms with Crippen molar-refractivity contribution < 1.29 is 4.79 Å². The van der Waals surface area contributed by atoms with E-state index in [9.17, 15) is 4.79 Å². The molecule has 1 rings (SSSR count). The molecule has 0 heterocycles. The summed E-state index contributed by atoms with van der Waals surface area (Å²) in [6.45, 7) is 2.25. The van der Waals surface area contributed by atoms with Crippen molar-refractivity contribution in [2.75, 3.05) is 0 Å². The maximum absolute atomic E-state index is 10.7. The minimum atomic E-state index is -0.123. The Bertz CT molecular complexity index is 171. The summed E-state index contributed by atoms with van der Waals surface area (Å²) in [5.74, 6) is 1.39. The van der Waals surface area contributed by atoms with Crippen LogP contribution >= 0.6 is 0 Å². The van der Waals surface area contributed by atoms with E-state index < -0.39 is 0 Å². The van der Waals surface area contributed by atoms with Gasteiger partial charge >= 0.3 is 0 Å². The average molecular weight is 197 g/mol. The van der Waals surface area contributed by atoms with Crippen LogP contribution in [-0.2, 0) is 4.79 Å². The first-order chi connectivity index (χ1) is 6.72. The Kier molecular flexibility index (Phi) is 4.99. The molecule has 0 atom stereocenters. The van der Waals surface area contributed by atoms with Gasteiger partial charge in [-0.1, -0.05) is 39.0 Å². The molecule has 0 aliphatic heterocycles. The number of amides is 1. The number of hydrogen-bond acceptors (Lipinski definition) is 1. The molecule has 0 spiro atoms. The first-order valence-electron chi connectivity index (χ1n) is 6.00. The zero-order chi connectivity index (χ0) is 10.4. The minimum Gasteiger partial charge on any atom is -0.370 e. The van der Waals surface area contributed by atoms with E-state index in [0.29, 0.717) is 12.3 Å². The SMILES string of the molecule is CCCCC1CCC(CC(N)=O)CC1. The summed E-state index contributed by atoms with van der Waals surface area (Å²) in [6.07, 6.45) is 9.75. The highest BCUT2D eigenvalue weighted by molar-refractivity contribution is 5.73. The van der Waals surface area contributed by atoms with Crippen molar-refractivity contribution in [1.82, 2.24) is 0 Å². The first kappa shape index (κ1) is 11.5. The van der Waals surface area contributed by atoms with Crippen molar-refractivity contribution >= 4 is 5.91 Å². The van der Waals surface area contributed by atoms with E-state index in [1.54, 1.807) is 0 Å². The smallest absolute Gasteiger partial charge is 0.217 e. The van der Waals surface area contributed by atoms with Gasteiger partial charge in [-0.2, -0.15) is 0 Å². The van der Waals surface area contributed by atoms with Crippen LogP contribution in [0.1, 0.15) is 58.3 Å². The summed E-state index contributed by atoms with van der Waals surface area (Å²) in [6, 6.07) is 0. The van der Waals surface area contributed by atoms with Crippen molar-refractivity contribution in [2.24, 2.45) is 17.6 Å². The second-order valence-corrected chi connectivity index (χ2v) is 4.70. The Balaban J connectivity index is 2.14. The Morgan fingerprint density at radius 2 is 1.79 bits per heavy atom. The predicted octanol–water partition coefficient (Wildman–Crippen LogP) is 2.86. The molecule has 1 fully saturated rings. The minimum absolute atomic E-state index is 0.123. The van der Waals surface area contributed by atoms with Gasteiger partial charge in [0.25, 0.3) is 0 Å². The van der Waals surface area contributed by atoms with Gasteiger partial charge in [0.15, 0.2) is 0 Å². The summed E-state index contributed by atoms with van der Waals surface area (Å²) in [5, 5.41) is 0. The molecule has 1 amide bonds. The maximum Gasteiger partial charge on any atom is 0.217 e. The molecule has 1 aliphatic rings. The fourth-order valence-corrected chi connectivity index (χ4v) is 2.50. The normalized spacial score (nSPS) is 27.5. The van der Waals surface area contributed by atoms with Crippen LogP contribution in [0.3, 0.4) is 0 Å². The van der Waals surface area contributed by atoms with E-state index in [0.717, 1.165) is 5.92 Å². The van der Waals surface area contributed by atoms with Crippen molar-refractivity contribution in [1.29, 1.82) is 0 Å². The van der Waals surface area contributed by atoms with Crippen molar-refractivity contribution in [3.8, 4) is 0 Å². The van der Waals surface area contributed by atoms with Crippen LogP contribution in [-0.4, -0.2) is 5.91 Å². The summed E-state index contributed by atoms with van der Waals surface area (Å²) in [5.41, 5.74) is 5.20. The molecule has 0 bridgehead atoms. The largest absolute Gasteiger partial charge is 0.370 e. The lowest BCUT2D eigenvalue weighted by Gasteiger charge is -2.27. The Morgan fingerprint density at radius 3 is 2.29 bits per heavy atom. The van der Waals surface area contributed by atoms with Gasteiger partial charge in [0, 0.05) is 6.42 Å². The zero-order valence-corrected chi connectivity index (χ0v) is 9.30. The van der Waals surface area contributed by atoms with E-state index in [-0.39, 0.29) is 5.91 Å². The van der Waals surface area contributed by atoms with Gasteiger partial charge in [-0.15, -0.1) is 0 Å². The van der Waals surface area contributed by atoms with Gasteiger partial charge in [-0.25, -0.2) is 0 Å². The third-order valence-corrected chi connectivity index (χ3v) is 3.42. The molecule has 2 N–H and O–H groups in total. The van der Waals surface area contributed by atoms with Crippen LogP contribution in [0.15, 0.2) is 0 Å². The van der Waals surface area contributed by atoms with Crippen molar-refractivity contribution in [2.45, 2.75) is 58.3 Å². The highest BCUT2D eigenvalue weighted by atomic mass is 16.1. The third kappa shape index (κ3) is 4.12. The zero-order valence-electron chi connectivity index (χ0n) is 9.30. The molecule has 0 aromatic heterocycles. The molecule has 0 unspecified atom stereocenters. The molecule has 0 saturated heterocycles. The predicted molar refractivity (Wildman–Crippen MR) is 58.8 cm³/mol. The number of unbranched alkanes of at least 4 members (excludes halogenated alkanes) is 1. The van der Waals surface area contributed by atoms with Gasteiger partial charge in [0.2, 0.25) is 5.91 Å². The van der Waals surface area contributed by atoms with Crippen LogP contribution < -0.4 is 5.73 Å². The van der Waals surface area contributed by atoms with E-state index >= 15 is 0 Å². The molecule has 0 aromatic carbocycles. The van der Waals surface area contributed by atoms with Gasteiger partial charge < -0.3 is 5.73 Å². The quantitative estimate of drug-likeness (QED) is 0.723. The molecule has 1 aliphatic carbocycles. The molecular weight excluding hydrogens is 174 g/mol. The molecule has 14 heavy (non-hydrogen) atoms. The molecule has 0 aromatic rings. The monoisotopic (exact) mass is 197 g/mol. The van der Waals surface area contributed by atoms with Crippen LogP contribution in [0, 0.1) is 11.8 Å². The second kappa shape index (κ2) is 6.05. The third-order valence-electron chi connectivity index (χ3n) is 3.42. The molecule has 1 saturated carbocycles. The average Bonchev–Trinajstić information content (AvgIpc) is 2.16. The van der Waals surface area contributed by atoms with Crippen LogP contribution in [0.2, 0.25) is 0 Å². The fourth-order valence-electron chi connectivity index (χ4n) is 2.50. The number of nitrogens with two attached hydrogens (primary N) is 1. The van der Waals surface area contributed by atoms with E-state index in [2.05, 4.69) is 6.92 Å². The highest BCUT2D eigenvalue weighted by Gasteiger charge is 2.21. The number of carbonyl (C=O) groups excluding carboxylic acids is 1. The van der Waals surface area contributed by atoms with Crippen LogP contribution in [0.25, 0.3) is 0 Å². The Morgan fingerprint density at radius 1 is 1.21 bits per heavy atom. The molecular formula is C12H23NO. The van der Waals surface area contributed by atoms with Crippen LogP contribution in [0.5, 0.6) is 0 Å². The van der Waals surface area contributed by atoms with Crippen molar-refractivity contribution in [3.05, 3.63) is 0 Å². The first-order valence-corrected chi connectivity index (χ1v) is 6.00. The summed E-state index contributed by atoms with van der Waals surface area (Å²) in [4.78, 5) is 10.7. The van der Waals surface area contributed by atoms with Gasteiger partial charge in [0.1, 0.15) is 0 Å². The summed E-state index contributed by atoms with van der Waals surface area (Å²) in [7, 11) is 0. The highest BCUT2D eigenvalue weighted by Crippen LogP contribution is 2.33. The number of rotatable bonds is 5. The second-order valence-electron chi connectivity index (χ2n) is 4.70. The standard InChI is InChI=1S/C12H23NO/c1-2-3-4-10-5-7-11(8-6-10)9-12(13)14/h10-11H,2-9H2,1H3,(H2,13,14). The van der Waals surface area contributed by atoms with E-state index in [4.69, 9.17) is 5.73 Å². The molecule has 82 valence electrons. The van der Waals surface area contributed by atoms with E-state index in [1.165, 1.54) is 44.9 Å². The van der Waals surface area contributed by atoms with Crippen molar-refractivity contribution in [3.63, 3.8) is 0 Å². The van der Waals surface area contributed by atoms with Crippen LogP contribution in [0.4, 0.5) is 0 Å².